The molecule has 0 spiro atoms. The highest BCUT2D eigenvalue weighted by atomic mass is 32.2. The Hall–Kier alpha value is -1.81. The van der Waals surface area contributed by atoms with Gasteiger partial charge in [0, 0.05) is 5.69 Å². The van der Waals surface area contributed by atoms with Gasteiger partial charge in [0.05, 0.1) is 6.26 Å². The number of hydrogen-bond donors (Lipinski definition) is 1. The molecule has 3 nitrogen and oxygen atoms in total. The molecular formula is C13H15NO2S. The van der Waals surface area contributed by atoms with E-state index in [1.165, 1.54) is 0 Å². The second-order valence-corrected chi connectivity index (χ2v) is 5.14. The normalized spacial score (nSPS) is 9.94. The maximum atomic E-state index is 10.7. The molecule has 0 saturated heterocycles. The summed E-state index contributed by atoms with van der Waals surface area (Å²) >= 11 is 0. The largest absolute Gasteiger partial charge is 0.284 e. The van der Waals surface area contributed by atoms with Crippen molar-refractivity contribution >= 4 is 15.7 Å². The van der Waals surface area contributed by atoms with Crippen LogP contribution < -0.4 is 4.72 Å². The predicted molar refractivity (Wildman–Crippen MR) is 71.4 cm³/mol. The summed E-state index contributed by atoms with van der Waals surface area (Å²) in [6.07, 6.45) is 1.12. The van der Waals surface area contributed by atoms with Crippen LogP contribution in [0.15, 0.2) is 66.7 Å². The molecule has 2 aromatic carbocycles. The highest BCUT2D eigenvalue weighted by Crippen LogP contribution is 2.05. The molecule has 4 heteroatoms. The summed E-state index contributed by atoms with van der Waals surface area (Å²) in [5.74, 6) is 0. The van der Waals surface area contributed by atoms with Crippen LogP contribution in [0.5, 0.6) is 0 Å². The van der Waals surface area contributed by atoms with E-state index < -0.39 is 10.0 Å². The lowest BCUT2D eigenvalue weighted by atomic mass is 10.3. The fourth-order valence-corrected chi connectivity index (χ4v) is 1.67. The maximum Gasteiger partial charge on any atom is 0.229 e. The molecule has 2 aromatic rings. The van der Waals surface area contributed by atoms with Gasteiger partial charge in [-0.3, -0.25) is 4.72 Å². The van der Waals surface area contributed by atoms with E-state index in [4.69, 9.17) is 0 Å². The summed E-state index contributed by atoms with van der Waals surface area (Å²) in [6.45, 7) is 0. The van der Waals surface area contributed by atoms with Gasteiger partial charge in [-0.15, -0.1) is 0 Å². The minimum atomic E-state index is -3.13. The van der Waals surface area contributed by atoms with Gasteiger partial charge >= 0.3 is 0 Å². The van der Waals surface area contributed by atoms with E-state index in [0.717, 1.165) is 6.26 Å². The predicted octanol–water partition coefficient (Wildman–Crippen LogP) is 2.74. The van der Waals surface area contributed by atoms with E-state index in [-0.39, 0.29) is 0 Å². The lowest BCUT2D eigenvalue weighted by Crippen LogP contribution is -2.08. The van der Waals surface area contributed by atoms with Gasteiger partial charge in [-0.25, -0.2) is 8.42 Å². The molecule has 0 radical (unpaired) electrons. The molecule has 0 amide bonds. The number of hydrogen-bond acceptors (Lipinski definition) is 2. The smallest absolute Gasteiger partial charge is 0.229 e. The second kappa shape index (κ2) is 6.70. The van der Waals surface area contributed by atoms with Crippen molar-refractivity contribution in [1.29, 1.82) is 0 Å². The van der Waals surface area contributed by atoms with Gasteiger partial charge in [0.25, 0.3) is 0 Å². The minimum absolute atomic E-state index is 0.593. The summed E-state index contributed by atoms with van der Waals surface area (Å²) in [4.78, 5) is 0. The Balaban J connectivity index is 0.000000202. The highest BCUT2D eigenvalue weighted by molar-refractivity contribution is 7.92. The second-order valence-electron chi connectivity index (χ2n) is 3.39. The van der Waals surface area contributed by atoms with Crippen molar-refractivity contribution in [3.05, 3.63) is 66.7 Å². The fraction of sp³-hybridized carbons (Fsp3) is 0.0769. The van der Waals surface area contributed by atoms with Crippen molar-refractivity contribution < 1.29 is 8.42 Å². The first-order valence-electron chi connectivity index (χ1n) is 5.11. The molecule has 2 rings (SSSR count). The van der Waals surface area contributed by atoms with E-state index in [1.54, 1.807) is 24.3 Å². The Morgan fingerprint density at radius 1 is 0.765 bits per heavy atom. The third-order valence-electron chi connectivity index (χ3n) is 1.74. The summed E-state index contributed by atoms with van der Waals surface area (Å²) < 4.78 is 23.7. The summed E-state index contributed by atoms with van der Waals surface area (Å²) in [5.41, 5.74) is 0.593. The fourth-order valence-electron chi connectivity index (χ4n) is 1.11. The van der Waals surface area contributed by atoms with Gasteiger partial charge in [0.2, 0.25) is 10.0 Å². The first-order chi connectivity index (χ1) is 8.08. The zero-order chi connectivity index (χ0) is 12.6. The van der Waals surface area contributed by atoms with Crippen LogP contribution in [0.25, 0.3) is 0 Å². The molecule has 90 valence electrons. The molecule has 0 fully saturated rings. The van der Waals surface area contributed by atoms with Crippen molar-refractivity contribution in [2.45, 2.75) is 0 Å². The lowest BCUT2D eigenvalue weighted by molar-refractivity contribution is 0.607. The number of rotatable bonds is 2. The molecule has 0 saturated carbocycles. The van der Waals surface area contributed by atoms with Gasteiger partial charge in [-0.1, -0.05) is 54.6 Å². The maximum absolute atomic E-state index is 10.7. The Kier molecular flexibility index (Phi) is 5.23. The Bertz CT molecular complexity index is 483. The highest BCUT2D eigenvalue weighted by Gasteiger charge is 1.98. The number of anilines is 1. The van der Waals surface area contributed by atoms with Crippen LogP contribution in [0.4, 0.5) is 5.69 Å². The van der Waals surface area contributed by atoms with Crippen LogP contribution in [-0.2, 0) is 10.0 Å². The van der Waals surface area contributed by atoms with Gasteiger partial charge in [0.15, 0.2) is 0 Å². The molecule has 0 unspecified atom stereocenters. The van der Waals surface area contributed by atoms with Crippen molar-refractivity contribution in [2.75, 3.05) is 11.0 Å². The molecule has 1 N–H and O–H groups in total. The first kappa shape index (κ1) is 13.3. The topological polar surface area (TPSA) is 46.2 Å². The Morgan fingerprint density at radius 2 is 1.12 bits per heavy atom. The number of benzene rings is 2. The minimum Gasteiger partial charge on any atom is -0.284 e. The van der Waals surface area contributed by atoms with Crippen molar-refractivity contribution in [3.63, 3.8) is 0 Å². The third kappa shape index (κ3) is 7.14. The summed E-state index contributed by atoms with van der Waals surface area (Å²) in [6, 6.07) is 20.8. The van der Waals surface area contributed by atoms with Crippen LogP contribution in [0.2, 0.25) is 0 Å². The van der Waals surface area contributed by atoms with Crippen LogP contribution in [0.3, 0.4) is 0 Å². The van der Waals surface area contributed by atoms with Crippen LogP contribution in [0, 0.1) is 0 Å². The van der Waals surface area contributed by atoms with Gasteiger partial charge < -0.3 is 0 Å². The van der Waals surface area contributed by atoms with Crippen LogP contribution in [-0.4, -0.2) is 14.7 Å². The zero-order valence-electron chi connectivity index (χ0n) is 9.58. The molecular weight excluding hydrogens is 234 g/mol. The summed E-state index contributed by atoms with van der Waals surface area (Å²) in [5, 5.41) is 0. The lowest BCUT2D eigenvalue weighted by Gasteiger charge is -2.00. The number of nitrogens with one attached hydrogen (secondary N) is 1. The molecule has 0 atom stereocenters. The molecule has 0 aliphatic carbocycles. The zero-order valence-corrected chi connectivity index (χ0v) is 10.4. The van der Waals surface area contributed by atoms with Gasteiger partial charge in [-0.05, 0) is 12.1 Å². The first-order valence-corrected chi connectivity index (χ1v) is 7.00. The van der Waals surface area contributed by atoms with E-state index >= 15 is 0 Å². The molecule has 0 bridgehead atoms. The molecule has 0 aliphatic rings. The monoisotopic (exact) mass is 249 g/mol. The molecule has 17 heavy (non-hydrogen) atoms. The molecule has 0 aromatic heterocycles. The van der Waals surface area contributed by atoms with Crippen LogP contribution >= 0.6 is 0 Å². The SMILES string of the molecule is CS(=O)(=O)Nc1ccccc1.c1ccccc1. The number of sulfonamides is 1. The average Bonchev–Trinajstić information content (AvgIpc) is 2.31. The van der Waals surface area contributed by atoms with Gasteiger partial charge in [-0.2, -0.15) is 0 Å². The average molecular weight is 249 g/mol. The van der Waals surface area contributed by atoms with E-state index in [2.05, 4.69) is 4.72 Å². The third-order valence-corrected chi connectivity index (χ3v) is 2.35. The Morgan fingerprint density at radius 3 is 1.47 bits per heavy atom. The summed E-state index contributed by atoms with van der Waals surface area (Å²) in [7, 11) is -3.13. The van der Waals surface area contributed by atoms with E-state index in [9.17, 15) is 8.42 Å². The number of para-hydroxylation sites is 1. The van der Waals surface area contributed by atoms with Crippen molar-refractivity contribution in [1.82, 2.24) is 0 Å². The Labute approximate surface area is 102 Å². The molecule has 0 heterocycles. The van der Waals surface area contributed by atoms with E-state index in [0.29, 0.717) is 5.69 Å². The molecule has 0 aliphatic heterocycles. The van der Waals surface area contributed by atoms with Crippen molar-refractivity contribution in [3.8, 4) is 0 Å². The van der Waals surface area contributed by atoms with Crippen LogP contribution in [0.1, 0.15) is 0 Å². The standard InChI is InChI=1S/C7H9NO2S.C6H6/c1-11(9,10)8-7-5-3-2-4-6-7;1-2-4-6-5-3-1/h2-6,8H,1H3;1-6H. The van der Waals surface area contributed by atoms with Crippen molar-refractivity contribution in [2.24, 2.45) is 0 Å². The van der Waals surface area contributed by atoms with E-state index in [1.807, 2.05) is 42.5 Å². The quantitative estimate of drug-likeness (QED) is 0.889. The van der Waals surface area contributed by atoms with Gasteiger partial charge in [0.1, 0.15) is 0 Å².